The van der Waals surface area contributed by atoms with E-state index in [1.807, 2.05) is 13.8 Å². The Hall–Kier alpha value is -1.06. The number of nitrogens with one attached hydrogen (secondary N) is 1. The number of nitrogens with zero attached hydrogens (tertiary/aromatic N) is 2. The van der Waals surface area contributed by atoms with Crippen LogP contribution in [0.5, 0.6) is 0 Å². The second-order valence-corrected chi connectivity index (χ2v) is 8.56. The average molecular weight is 349 g/mol. The van der Waals surface area contributed by atoms with Gasteiger partial charge in [0.15, 0.2) is 5.03 Å². The van der Waals surface area contributed by atoms with Crippen LogP contribution in [0.15, 0.2) is 17.3 Å². The highest BCUT2D eigenvalue weighted by atomic mass is 32.2. The van der Waals surface area contributed by atoms with Crippen LogP contribution in [-0.2, 0) is 14.8 Å². The Kier molecular flexibility index (Phi) is 4.01. The molecule has 1 aromatic heterocycles. The van der Waals surface area contributed by atoms with Crippen molar-refractivity contribution in [3.8, 4) is 0 Å². The maximum atomic E-state index is 13.2. The minimum absolute atomic E-state index is 0.00365. The molecule has 2 fully saturated rings. The molecule has 1 saturated carbocycles. The van der Waals surface area contributed by atoms with E-state index in [-0.39, 0.29) is 30.6 Å². The number of ether oxygens (including phenoxy) is 1. The van der Waals surface area contributed by atoms with Gasteiger partial charge in [0.1, 0.15) is 0 Å². The van der Waals surface area contributed by atoms with Gasteiger partial charge in [-0.1, -0.05) is 0 Å². The fourth-order valence-electron chi connectivity index (χ4n) is 3.49. The van der Waals surface area contributed by atoms with Crippen LogP contribution in [0.2, 0.25) is 0 Å². The van der Waals surface area contributed by atoms with E-state index in [9.17, 15) is 17.2 Å². The van der Waals surface area contributed by atoms with Crippen molar-refractivity contribution < 1.29 is 21.9 Å². The smallest absolute Gasteiger partial charge is 0.257 e. The summed E-state index contributed by atoms with van der Waals surface area (Å²) in [6.07, 6.45) is 0.00499. The standard InChI is InChI=1S/C14H21F2N3O3S/c1-10(2)19-11(3-6-17-19)23(20,21)18-8-14-5-4-13(7-14,9-22-14)12(15)16/h3,6,10,12,18H,4-5,7-9H2,1-2H3. The molecule has 9 heteroatoms. The highest BCUT2D eigenvalue weighted by Gasteiger charge is 2.60. The Labute approximate surface area is 134 Å². The monoisotopic (exact) mass is 349 g/mol. The molecular weight excluding hydrogens is 328 g/mol. The Morgan fingerprint density at radius 1 is 1.43 bits per heavy atom. The minimum atomic E-state index is -3.77. The number of alkyl halides is 2. The van der Waals surface area contributed by atoms with Crippen molar-refractivity contribution in [3.05, 3.63) is 12.3 Å². The maximum absolute atomic E-state index is 13.2. The van der Waals surface area contributed by atoms with Crippen molar-refractivity contribution in [2.75, 3.05) is 13.2 Å². The van der Waals surface area contributed by atoms with Crippen LogP contribution in [0.1, 0.15) is 39.2 Å². The molecule has 1 saturated heterocycles. The molecule has 0 radical (unpaired) electrons. The van der Waals surface area contributed by atoms with Crippen molar-refractivity contribution in [2.24, 2.45) is 5.41 Å². The van der Waals surface area contributed by atoms with Gasteiger partial charge in [0, 0.05) is 12.6 Å². The summed E-state index contributed by atoms with van der Waals surface area (Å²) in [7, 11) is -3.77. The molecule has 2 aliphatic rings. The quantitative estimate of drug-likeness (QED) is 0.852. The first kappa shape index (κ1) is 16.8. The van der Waals surface area contributed by atoms with Crippen molar-refractivity contribution in [3.63, 3.8) is 0 Å². The summed E-state index contributed by atoms with van der Waals surface area (Å²) in [6, 6.07) is 1.32. The van der Waals surface area contributed by atoms with Crippen LogP contribution in [0, 0.1) is 5.41 Å². The van der Waals surface area contributed by atoms with Gasteiger partial charge in [-0.3, -0.25) is 4.68 Å². The highest BCUT2D eigenvalue weighted by Crippen LogP contribution is 2.55. The molecule has 2 unspecified atom stereocenters. The largest absolute Gasteiger partial charge is 0.373 e. The predicted molar refractivity (Wildman–Crippen MR) is 78.8 cm³/mol. The predicted octanol–water partition coefficient (Wildman–Crippen LogP) is 1.95. The second kappa shape index (κ2) is 5.49. The molecule has 3 rings (SSSR count). The molecule has 0 aromatic carbocycles. The summed E-state index contributed by atoms with van der Waals surface area (Å²) < 4.78 is 60.9. The van der Waals surface area contributed by atoms with Crippen molar-refractivity contribution in [2.45, 2.75) is 56.2 Å². The zero-order chi connectivity index (χ0) is 16.9. The number of rotatable bonds is 6. The highest BCUT2D eigenvalue weighted by molar-refractivity contribution is 7.89. The van der Waals surface area contributed by atoms with E-state index in [4.69, 9.17) is 4.74 Å². The Morgan fingerprint density at radius 3 is 2.70 bits per heavy atom. The molecule has 1 aliphatic carbocycles. The van der Waals surface area contributed by atoms with E-state index in [0.29, 0.717) is 12.8 Å². The Morgan fingerprint density at radius 2 is 2.17 bits per heavy atom. The molecule has 2 bridgehead atoms. The topological polar surface area (TPSA) is 73.2 Å². The summed E-state index contributed by atoms with van der Waals surface area (Å²) in [4.78, 5) is 0. The minimum Gasteiger partial charge on any atom is -0.373 e. The second-order valence-electron chi connectivity index (χ2n) is 6.84. The maximum Gasteiger partial charge on any atom is 0.257 e. The average Bonchev–Trinajstić information content (AvgIpc) is 3.19. The summed E-state index contributed by atoms with van der Waals surface area (Å²) in [5, 5.41) is 4.08. The third-order valence-electron chi connectivity index (χ3n) is 4.86. The lowest BCUT2D eigenvalue weighted by Crippen LogP contribution is -2.42. The molecule has 6 nitrogen and oxygen atoms in total. The van der Waals surface area contributed by atoms with Crippen LogP contribution >= 0.6 is 0 Å². The first-order chi connectivity index (χ1) is 10.7. The molecule has 1 aromatic rings. The molecule has 2 atom stereocenters. The van der Waals surface area contributed by atoms with E-state index in [0.717, 1.165) is 0 Å². The third kappa shape index (κ3) is 2.78. The SMILES string of the molecule is CC(C)n1nccc1S(=O)(=O)NCC12CCC(C(F)F)(CO1)C2. The van der Waals surface area contributed by atoms with E-state index in [2.05, 4.69) is 9.82 Å². The number of fused-ring (bicyclic) bond motifs is 2. The van der Waals surface area contributed by atoms with E-state index >= 15 is 0 Å². The summed E-state index contributed by atoms with van der Waals surface area (Å²) in [5.41, 5.74) is -1.92. The fourth-order valence-corrected chi connectivity index (χ4v) is 4.84. The summed E-state index contributed by atoms with van der Waals surface area (Å²) >= 11 is 0. The van der Waals surface area contributed by atoms with Gasteiger partial charge < -0.3 is 4.74 Å². The molecular formula is C14H21F2N3O3S. The van der Waals surface area contributed by atoms with Gasteiger partial charge in [-0.25, -0.2) is 21.9 Å². The van der Waals surface area contributed by atoms with Gasteiger partial charge >= 0.3 is 0 Å². The zero-order valence-electron chi connectivity index (χ0n) is 13.1. The molecule has 23 heavy (non-hydrogen) atoms. The number of sulfonamides is 1. The molecule has 130 valence electrons. The Bertz CT molecular complexity index is 679. The van der Waals surface area contributed by atoms with Gasteiger partial charge in [0.2, 0.25) is 6.43 Å². The number of aromatic nitrogens is 2. The number of hydrogen-bond donors (Lipinski definition) is 1. The third-order valence-corrected chi connectivity index (χ3v) is 6.26. The first-order valence-electron chi connectivity index (χ1n) is 7.65. The van der Waals surface area contributed by atoms with Crippen LogP contribution in [0.25, 0.3) is 0 Å². The van der Waals surface area contributed by atoms with Crippen molar-refractivity contribution in [1.82, 2.24) is 14.5 Å². The number of halogens is 2. The lowest BCUT2D eigenvalue weighted by Gasteiger charge is -2.28. The molecule has 0 amide bonds. The number of hydrogen-bond acceptors (Lipinski definition) is 4. The van der Waals surface area contributed by atoms with Crippen LogP contribution < -0.4 is 4.72 Å². The van der Waals surface area contributed by atoms with Crippen molar-refractivity contribution in [1.29, 1.82) is 0 Å². The molecule has 1 aliphatic heterocycles. The van der Waals surface area contributed by atoms with Gasteiger partial charge in [0.25, 0.3) is 10.0 Å². The van der Waals surface area contributed by atoms with E-state index < -0.39 is 27.5 Å². The summed E-state index contributed by atoms with van der Waals surface area (Å²) in [5.74, 6) is 0. The van der Waals surface area contributed by atoms with Crippen LogP contribution in [-0.4, -0.2) is 43.4 Å². The zero-order valence-corrected chi connectivity index (χ0v) is 13.9. The van der Waals surface area contributed by atoms with Gasteiger partial charge in [-0.05, 0) is 39.2 Å². The molecule has 0 spiro atoms. The lowest BCUT2D eigenvalue weighted by atomic mass is 9.88. The molecule has 1 N–H and O–H groups in total. The Balaban J connectivity index is 1.73. The normalized spacial score (nSPS) is 30.7. The van der Waals surface area contributed by atoms with E-state index in [1.165, 1.54) is 16.9 Å². The van der Waals surface area contributed by atoms with Gasteiger partial charge in [-0.15, -0.1) is 0 Å². The first-order valence-corrected chi connectivity index (χ1v) is 9.13. The van der Waals surface area contributed by atoms with E-state index in [1.54, 1.807) is 0 Å². The van der Waals surface area contributed by atoms with Crippen LogP contribution in [0.3, 0.4) is 0 Å². The fraction of sp³-hybridized carbons (Fsp3) is 0.786. The summed E-state index contributed by atoms with van der Waals surface area (Å²) in [6.45, 7) is 3.67. The van der Waals surface area contributed by atoms with Gasteiger partial charge in [0.05, 0.1) is 23.8 Å². The van der Waals surface area contributed by atoms with Crippen LogP contribution in [0.4, 0.5) is 8.78 Å². The van der Waals surface area contributed by atoms with Gasteiger partial charge in [-0.2, -0.15) is 5.10 Å². The van der Waals surface area contributed by atoms with Crippen molar-refractivity contribution >= 4 is 10.0 Å². The molecule has 2 heterocycles. The lowest BCUT2D eigenvalue weighted by molar-refractivity contribution is -0.0628.